The lowest BCUT2D eigenvalue weighted by Gasteiger charge is -2.43. The van der Waals surface area contributed by atoms with Gasteiger partial charge in [-0.25, -0.2) is 0 Å². The summed E-state index contributed by atoms with van der Waals surface area (Å²) in [6.45, 7) is 3.57. The molecule has 5 unspecified atom stereocenters. The van der Waals surface area contributed by atoms with Gasteiger partial charge in [-0.3, -0.25) is 4.90 Å². The Bertz CT molecular complexity index is 280. The average molecular weight is 251 g/mol. The van der Waals surface area contributed by atoms with E-state index in [9.17, 15) is 5.11 Å². The molecule has 2 aliphatic carbocycles. The van der Waals surface area contributed by atoms with Crippen molar-refractivity contribution in [3.63, 3.8) is 0 Å². The average Bonchev–Trinajstić information content (AvgIpc) is 2.83. The Balaban J connectivity index is 1.69. The second-order valence-electron chi connectivity index (χ2n) is 6.86. The summed E-state index contributed by atoms with van der Waals surface area (Å²) in [4.78, 5) is 2.72. The fourth-order valence-corrected chi connectivity index (χ4v) is 4.80. The number of hydrogen-bond acceptors (Lipinski definition) is 2. The molecule has 1 heterocycles. The van der Waals surface area contributed by atoms with Crippen LogP contribution >= 0.6 is 0 Å². The van der Waals surface area contributed by atoms with Crippen molar-refractivity contribution in [3.05, 3.63) is 0 Å². The summed E-state index contributed by atoms with van der Waals surface area (Å²) < 4.78 is 0. The van der Waals surface area contributed by atoms with E-state index in [0.717, 1.165) is 24.3 Å². The molecule has 0 bridgehead atoms. The van der Waals surface area contributed by atoms with Crippen LogP contribution in [-0.2, 0) is 0 Å². The van der Waals surface area contributed by atoms with Crippen LogP contribution in [0.1, 0.15) is 64.7 Å². The molecule has 2 saturated carbocycles. The molecule has 1 N–H and O–H groups in total. The lowest BCUT2D eigenvalue weighted by atomic mass is 9.80. The maximum absolute atomic E-state index is 10.4. The van der Waals surface area contributed by atoms with E-state index in [2.05, 4.69) is 11.8 Å². The van der Waals surface area contributed by atoms with Gasteiger partial charge in [-0.1, -0.05) is 26.2 Å². The topological polar surface area (TPSA) is 23.5 Å². The number of fused-ring (bicyclic) bond motifs is 1. The highest BCUT2D eigenvalue weighted by Gasteiger charge is 2.42. The number of aliphatic hydroxyl groups excluding tert-OH is 1. The summed E-state index contributed by atoms with van der Waals surface area (Å²) in [6.07, 6.45) is 11.9. The van der Waals surface area contributed by atoms with Crippen molar-refractivity contribution in [2.75, 3.05) is 6.54 Å². The van der Waals surface area contributed by atoms with E-state index >= 15 is 0 Å². The summed E-state index contributed by atoms with van der Waals surface area (Å²) in [5.41, 5.74) is 0. The molecule has 0 aromatic carbocycles. The molecule has 0 aromatic rings. The van der Waals surface area contributed by atoms with Crippen molar-refractivity contribution in [3.8, 4) is 0 Å². The third-order valence-electron chi connectivity index (χ3n) is 5.95. The molecule has 2 nitrogen and oxygen atoms in total. The second kappa shape index (κ2) is 5.50. The van der Waals surface area contributed by atoms with E-state index in [-0.39, 0.29) is 6.10 Å². The third kappa shape index (κ3) is 2.34. The van der Waals surface area contributed by atoms with Crippen LogP contribution in [0.5, 0.6) is 0 Å². The normalized spacial score (nSPS) is 46.0. The van der Waals surface area contributed by atoms with E-state index in [1.165, 1.54) is 57.9 Å². The molecule has 104 valence electrons. The van der Waals surface area contributed by atoms with Crippen molar-refractivity contribution in [2.24, 2.45) is 11.8 Å². The summed E-state index contributed by atoms with van der Waals surface area (Å²) in [5, 5.41) is 10.4. The number of nitrogens with zero attached hydrogens (tertiary/aromatic N) is 1. The molecule has 3 rings (SSSR count). The molecule has 2 heteroatoms. The Morgan fingerprint density at radius 1 is 1.00 bits per heavy atom. The largest absolute Gasteiger partial charge is 0.391 e. The highest BCUT2D eigenvalue weighted by atomic mass is 16.3. The molecule has 0 amide bonds. The fourth-order valence-electron chi connectivity index (χ4n) is 4.80. The smallest absolute Gasteiger partial charge is 0.0695 e. The molecule has 1 aliphatic heterocycles. The van der Waals surface area contributed by atoms with E-state index < -0.39 is 0 Å². The van der Waals surface area contributed by atoms with Crippen LogP contribution in [0.2, 0.25) is 0 Å². The van der Waals surface area contributed by atoms with E-state index in [1.54, 1.807) is 0 Å². The minimum absolute atomic E-state index is 0.0477. The van der Waals surface area contributed by atoms with Crippen LogP contribution in [0.4, 0.5) is 0 Å². The Morgan fingerprint density at radius 2 is 1.83 bits per heavy atom. The summed E-state index contributed by atoms with van der Waals surface area (Å²) in [7, 11) is 0. The van der Waals surface area contributed by atoms with Gasteiger partial charge in [-0.15, -0.1) is 0 Å². The number of aliphatic hydroxyl groups is 1. The highest BCUT2D eigenvalue weighted by molar-refractivity contribution is 4.97. The molecule has 5 atom stereocenters. The first kappa shape index (κ1) is 12.9. The van der Waals surface area contributed by atoms with Gasteiger partial charge >= 0.3 is 0 Å². The zero-order valence-corrected chi connectivity index (χ0v) is 11.9. The molecule has 18 heavy (non-hydrogen) atoms. The van der Waals surface area contributed by atoms with Crippen LogP contribution in [-0.4, -0.2) is 34.7 Å². The number of rotatable bonds is 2. The van der Waals surface area contributed by atoms with Crippen LogP contribution in [0.3, 0.4) is 0 Å². The first-order valence-corrected chi connectivity index (χ1v) is 8.23. The minimum atomic E-state index is -0.0477. The van der Waals surface area contributed by atoms with Crippen LogP contribution in [0, 0.1) is 11.8 Å². The maximum atomic E-state index is 10.4. The van der Waals surface area contributed by atoms with E-state index in [0.29, 0.717) is 6.04 Å². The van der Waals surface area contributed by atoms with Gasteiger partial charge in [0.15, 0.2) is 0 Å². The van der Waals surface area contributed by atoms with Crippen molar-refractivity contribution < 1.29 is 5.11 Å². The van der Waals surface area contributed by atoms with Gasteiger partial charge in [0, 0.05) is 12.1 Å². The fraction of sp³-hybridized carbons (Fsp3) is 1.00. The summed E-state index contributed by atoms with van der Waals surface area (Å²) >= 11 is 0. The standard InChI is InChI=1S/C16H29NO/c1-2-12-7-8-16(18)15(11-12)17-10-9-13-5-3-4-6-14(13)17/h12-16,18H,2-11H2,1H3. The quantitative estimate of drug-likeness (QED) is 0.814. The van der Waals surface area contributed by atoms with Gasteiger partial charge < -0.3 is 5.11 Å². The van der Waals surface area contributed by atoms with E-state index in [4.69, 9.17) is 0 Å². The van der Waals surface area contributed by atoms with Gasteiger partial charge in [-0.05, 0) is 56.9 Å². The maximum Gasteiger partial charge on any atom is 0.0695 e. The first-order chi connectivity index (χ1) is 8.79. The lowest BCUT2D eigenvalue weighted by molar-refractivity contribution is -0.0119. The van der Waals surface area contributed by atoms with Gasteiger partial charge in [0.2, 0.25) is 0 Å². The molecule has 3 aliphatic rings. The SMILES string of the molecule is CCC1CCC(O)C(N2CCC3CCCCC32)C1. The van der Waals surface area contributed by atoms with Gasteiger partial charge in [-0.2, -0.15) is 0 Å². The molecule has 0 aromatic heterocycles. The zero-order chi connectivity index (χ0) is 12.5. The molecular formula is C16H29NO. The Kier molecular flexibility index (Phi) is 3.95. The predicted octanol–water partition coefficient (Wildman–Crippen LogP) is 3.19. The van der Waals surface area contributed by atoms with E-state index in [1.807, 2.05) is 0 Å². The minimum Gasteiger partial charge on any atom is -0.391 e. The lowest BCUT2D eigenvalue weighted by Crippen LogP contribution is -2.50. The van der Waals surface area contributed by atoms with Gasteiger partial charge in [0.05, 0.1) is 6.10 Å². The molecule has 0 radical (unpaired) electrons. The van der Waals surface area contributed by atoms with Gasteiger partial charge in [0.1, 0.15) is 0 Å². The monoisotopic (exact) mass is 251 g/mol. The number of likely N-dealkylation sites (tertiary alicyclic amines) is 1. The van der Waals surface area contributed by atoms with Crippen LogP contribution in [0.25, 0.3) is 0 Å². The second-order valence-corrected chi connectivity index (χ2v) is 6.86. The van der Waals surface area contributed by atoms with Crippen LogP contribution < -0.4 is 0 Å². The molecular weight excluding hydrogens is 222 g/mol. The van der Waals surface area contributed by atoms with Crippen molar-refractivity contribution >= 4 is 0 Å². The number of hydrogen-bond donors (Lipinski definition) is 1. The Hall–Kier alpha value is -0.0800. The summed E-state index contributed by atoms with van der Waals surface area (Å²) in [6, 6.07) is 1.30. The van der Waals surface area contributed by atoms with Crippen molar-refractivity contribution in [2.45, 2.75) is 82.9 Å². The zero-order valence-electron chi connectivity index (χ0n) is 11.9. The van der Waals surface area contributed by atoms with Crippen LogP contribution in [0.15, 0.2) is 0 Å². The third-order valence-corrected chi connectivity index (χ3v) is 5.95. The van der Waals surface area contributed by atoms with Crippen molar-refractivity contribution in [1.82, 2.24) is 4.90 Å². The predicted molar refractivity (Wildman–Crippen MR) is 74.5 cm³/mol. The highest BCUT2D eigenvalue weighted by Crippen LogP contribution is 2.41. The Labute approximate surface area is 112 Å². The Morgan fingerprint density at radius 3 is 2.67 bits per heavy atom. The van der Waals surface area contributed by atoms with Gasteiger partial charge in [0.25, 0.3) is 0 Å². The summed E-state index contributed by atoms with van der Waals surface area (Å²) in [5.74, 6) is 1.81. The molecule has 1 saturated heterocycles. The molecule has 0 spiro atoms. The first-order valence-electron chi connectivity index (χ1n) is 8.23. The molecule has 3 fully saturated rings. The van der Waals surface area contributed by atoms with Crippen molar-refractivity contribution in [1.29, 1.82) is 0 Å².